The van der Waals surface area contributed by atoms with E-state index in [1.54, 1.807) is 0 Å². The molecule has 0 bridgehead atoms. The van der Waals surface area contributed by atoms with Gasteiger partial charge in [-0.3, -0.25) is 0 Å². The fraction of sp³-hybridized carbons (Fsp3) is 0.0492. The first-order valence-electron chi connectivity index (χ1n) is 21.5. The fourth-order valence-corrected chi connectivity index (χ4v) is 10.9. The van der Waals surface area contributed by atoms with Gasteiger partial charge < -0.3 is 0 Å². The molecule has 13 rings (SSSR count). The van der Waals surface area contributed by atoms with Crippen molar-refractivity contribution >= 4 is 75.4 Å². The summed E-state index contributed by atoms with van der Waals surface area (Å²) in [4.78, 5) is 0. The van der Waals surface area contributed by atoms with Gasteiger partial charge in [-0.05, 0) is 167 Å². The molecular weight excluding hydrogens is 733 g/mol. The largest absolute Gasteiger partial charge is 0.0616 e. The summed E-state index contributed by atoms with van der Waals surface area (Å²) in [6, 6.07) is 77.5. The van der Waals surface area contributed by atoms with Crippen molar-refractivity contribution in [3.05, 3.63) is 217 Å². The second-order valence-electron chi connectivity index (χ2n) is 17.6. The molecular formula is C61H40. The predicted molar refractivity (Wildman–Crippen MR) is 263 cm³/mol. The minimum atomic E-state index is -0.151. The van der Waals surface area contributed by atoms with Crippen molar-refractivity contribution in [1.29, 1.82) is 0 Å². The van der Waals surface area contributed by atoms with E-state index in [0.717, 1.165) is 0 Å². The molecule has 0 fully saturated rings. The van der Waals surface area contributed by atoms with Gasteiger partial charge in [-0.1, -0.05) is 184 Å². The van der Waals surface area contributed by atoms with Crippen LogP contribution in [-0.2, 0) is 5.41 Å². The first-order chi connectivity index (χ1) is 30.0. The summed E-state index contributed by atoms with van der Waals surface area (Å²) < 4.78 is 0. The van der Waals surface area contributed by atoms with Gasteiger partial charge in [0.15, 0.2) is 0 Å². The molecule has 12 aromatic rings. The number of rotatable bonds is 3. The second-order valence-corrected chi connectivity index (χ2v) is 17.6. The SMILES string of the molecule is CC1(C)c2cc(-c3ccc4ccc(-c5cc6ccc7ccc8ccccc8c7c6c6ccccc56)cc4c3)ccc2-c2ccc(-c3cc4ccccc4c4ccccc34)cc21. The van der Waals surface area contributed by atoms with Crippen molar-refractivity contribution in [3.8, 4) is 44.5 Å². The Bertz CT molecular complexity index is 3840. The van der Waals surface area contributed by atoms with Crippen molar-refractivity contribution in [2.24, 2.45) is 0 Å². The Morgan fingerprint density at radius 1 is 0.246 bits per heavy atom. The van der Waals surface area contributed by atoms with Crippen LogP contribution in [0.15, 0.2) is 206 Å². The summed E-state index contributed by atoms with van der Waals surface area (Å²) in [7, 11) is 0. The zero-order chi connectivity index (χ0) is 40.4. The van der Waals surface area contributed by atoms with Crippen LogP contribution in [0, 0.1) is 0 Å². The van der Waals surface area contributed by atoms with Crippen molar-refractivity contribution in [3.63, 3.8) is 0 Å². The third-order valence-corrected chi connectivity index (χ3v) is 14.0. The molecule has 0 heteroatoms. The van der Waals surface area contributed by atoms with Crippen LogP contribution in [0.2, 0.25) is 0 Å². The molecule has 0 N–H and O–H groups in total. The Labute approximate surface area is 355 Å². The van der Waals surface area contributed by atoms with E-state index in [1.165, 1.54) is 131 Å². The zero-order valence-corrected chi connectivity index (χ0v) is 34.1. The van der Waals surface area contributed by atoms with Crippen molar-refractivity contribution in [2.75, 3.05) is 0 Å². The monoisotopic (exact) mass is 772 g/mol. The molecule has 0 amide bonds. The molecule has 0 aromatic heterocycles. The van der Waals surface area contributed by atoms with E-state index in [9.17, 15) is 0 Å². The van der Waals surface area contributed by atoms with Crippen LogP contribution in [-0.4, -0.2) is 0 Å². The quantitative estimate of drug-likeness (QED) is 0.157. The average molecular weight is 773 g/mol. The van der Waals surface area contributed by atoms with Crippen molar-refractivity contribution in [1.82, 2.24) is 0 Å². The Morgan fingerprint density at radius 2 is 0.689 bits per heavy atom. The Morgan fingerprint density at radius 3 is 1.44 bits per heavy atom. The van der Waals surface area contributed by atoms with E-state index in [1.807, 2.05) is 0 Å². The van der Waals surface area contributed by atoms with Gasteiger partial charge >= 0.3 is 0 Å². The van der Waals surface area contributed by atoms with Crippen LogP contribution in [0.5, 0.6) is 0 Å². The van der Waals surface area contributed by atoms with Gasteiger partial charge in [0.05, 0.1) is 0 Å². The lowest BCUT2D eigenvalue weighted by atomic mass is 9.80. The fourth-order valence-electron chi connectivity index (χ4n) is 10.9. The maximum Gasteiger partial charge on any atom is 0.0159 e. The standard InChI is InChI=1S/C61H40/c1-61(2)57-35-41(27-29-52(57)53-30-28-44(36-58(53)61)55-33-42-12-4-5-13-47(42)49-15-7-8-16-50(49)55)40-24-19-37-20-25-43(32-46(37)31-40)56-34-45-26-23-39-22-21-38-11-3-6-14-48(38)59(39)60(45)54-18-10-9-17-51(54)56/h3-36H,1-2H3. The Kier molecular flexibility index (Phi) is 7.17. The molecule has 0 radical (unpaired) electrons. The van der Waals surface area contributed by atoms with Crippen molar-refractivity contribution in [2.45, 2.75) is 19.3 Å². The molecule has 0 atom stereocenters. The summed E-state index contributed by atoms with van der Waals surface area (Å²) in [5, 5.41) is 18.1. The molecule has 0 saturated carbocycles. The maximum atomic E-state index is 2.46. The third kappa shape index (κ3) is 5.06. The highest BCUT2D eigenvalue weighted by atomic mass is 14.4. The lowest BCUT2D eigenvalue weighted by Crippen LogP contribution is -2.15. The highest BCUT2D eigenvalue weighted by Gasteiger charge is 2.36. The van der Waals surface area contributed by atoms with Crippen molar-refractivity contribution < 1.29 is 0 Å². The molecule has 1 aliphatic carbocycles. The van der Waals surface area contributed by atoms with Crippen LogP contribution in [0.3, 0.4) is 0 Å². The lowest BCUT2D eigenvalue weighted by molar-refractivity contribution is 0.661. The smallest absolute Gasteiger partial charge is 0.0159 e. The van der Waals surface area contributed by atoms with Crippen LogP contribution < -0.4 is 0 Å². The highest BCUT2D eigenvalue weighted by molar-refractivity contribution is 6.29. The van der Waals surface area contributed by atoms with E-state index >= 15 is 0 Å². The normalized spacial score (nSPS) is 13.2. The van der Waals surface area contributed by atoms with Crippen LogP contribution in [0.1, 0.15) is 25.0 Å². The summed E-state index contributed by atoms with van der Waals surface area (Å²) in [5.41, 5.74) is 12.9. The summed E-state index contributed by atoms with van der Waals surface area (Å²) in [5.74, 6) is 0. The summed E-state index contributed by atoms with van der Waals surface area (Å²) in [6.45, 7) is 4.80. The van der Waals surface area contributed by atoms with Gasteiger partial charge in [-0.25, -0.2) is 0 Å². The Hall–Kier alpha value is -7.54. The van der Waals surface area contributed by atoms with Gasteiger partial charge in [0, 0.05) is 5.41 Å². The number of benzene rings is 12. The minimum Gasteiger partial charge on any atom is -0.0616 e. The van der Waals surface area contributed by atoms with Crippen LogP contribution in [0.4, 0.5) is 0 Å². The van der Waals surface area contributed by atoms with Crippen LogP contribution in [0.25, 0.3) is 120 Å². The number of hydrogen-bond donors (Lipinski definition) is 0. The predicted octanol–water partition coefficient (Wildman–Crippen LogP) is 17.1. The summed E-state index contributed by atoms with van der Waals surface area (Å²) in [6.07, 6.45) is 0. The first-order valence-corrected chi connectivity index (χ1v) is 21.5. The zero-order valence-electron chi connectivity index (χ0n) is 34.1. The number of fused-ring (bicyclic) bond motifs is 14. The minimum absolute atomic E-state index is 0.151. The van der Waals surface area contributed by atoms with E-state index < -0.39 is 0 Å². The van der Waals surface area contributed by atoms with E-state index in [0.29, 0.717) is 0 Å². The van der Waals surface area contributed by atoms with Gasteiger partial charge in [-0.15, -0.1) is 0 Å². The lowest BCUT2D eigenvalue weighted by Gasteiger charge is -2.23. The molecule has 0 spiro atoms. The molecule has 0 aliphatic heterocycles. The molecule has 12 aromatic carbocycles. The van der Waals surface area contributed by atoms with Gasteiger partial charge in [0.1, 0.15) is 0 Å². The summed E-state index contributed by atoms with van der Waals surface area (Å²) >= 11 is 0. The first kappa shape index (κ1) is 34.3. The van der Waals surface area contributed by atoms with Gasteiger partial charge in [-0.2, -0.15) is 0 Å². The average Bonchev–Trinajstić information content (AvgIpc) is 3.54. The van der Waals surface area contributed by atoms with E-state index in [2.05, 4.69) is 220 Å². The van der Waals surface area contributed by atoms with E-state index in [4.69, 9.17) is 0 Å². The molecule has 61 heavy (non-hydrogen) atoms. The number of hydrogen-bond acceptors (Lipinski definition) is 0. The molecule has 0 nitrogen and oxygen atoms in total. The molecule has 0 saturated heterocycles. The molecule has 0 heterocycles. The topological polar surface area (TPSA) is 0 Å². The Balaban J connectivity index is 0.904. The molecule has 284 valence electrons. The van der Waals surface area contributed by atoms with Gasteiger partial charge in [0.25, 0.3) is 0 Å². The maximum absolute atomic E-state index is 2.46. The van der Waals surface area contributed by atoms with E-state index in [-0.39, 0.29) is 5.41 Å². The van der Waals surface area contributed by atoms with Crippen LogP contribution >= 0.6 is 0 Å². The highest BCUT2D eigenvalue weighted by Crippen LogP contribution is 2.51. The molecule has 1 aliphatic rings. The second kappa shape index (κ2) is 12.7. The molecule has 0 unspecified atom stereocenters. The third-order valence-electron chi connectivity index (χ3n) is 14.0. The van der Waals surface area contributed by atoms with Gasteiger partial charge in [0.2, 0.25) is 0 Å².